The maximum Gasteiger partial charge on any atom is 0.129 e. The van der Waals surface area contributed by atoms with E-state index in [0.29, 0.717) is 5.92 Å². The van der Waals surface area contributed by atoms with Gasteiger partial charge in [0.25, 0.3) is 0 Å². The molecule has 20 heavy (non-hydrogen) atoms. The third kappa shape index (κ3) is 2.46. The summed E-state index contributed by atoms with van der Waals surface area (Å²) in [6, 6.07) is 12.0. The second kappa shape index (κ2) is 5.33. The SMILES string of the molecule is NC(Cc1c(F)cccc1F)CC1Cc2ccccc21. The van der Waals surface area contributed by atoms with Gasteiger partial charge in [0.1, 0.15) is 11.6 Å². The molecule has 2 aromatic rings. The first kappa shape index (κ1) is 13.3. The predicted octanol–water partition coefficient (Wildman–Crippen LogP) is 3.56. The van der Waals surface area contributed by atoms with Gasteiger partial charge in [0, 0.05) is 11.6 Å². The number of nitrogens with two attached hydrogens (primary N) is 1. The fourth-order valence-corrected chi connectivity index (χ4v) is 3.01. The number of benzene rings is 2. The van der Waals surface area contributed by atoms with Gasteiger partial charge < -0.3 is 5.73 Å². The quantitative estimate of drug-likeness (QED) is 0.905. The van der Waals surface area contributed by atoms with Gasteiger partial charge in [-0.1, -0.05) is 30.3 Å². The molecule has 0 spiro atoms. The molecule has 0 saturated carbocycles. The molecule has 3 heteroatoms. The fourth-order valence-electron chi connectivity index (χ4n) is 3.01. The molecule has 0 heterocycles. The number of hydrogen-bond acceptors (Lipinski definition) is 1. The van der Waals surface area contributed by atoms with E-state index in [0.717, 1.165) is 12.8 Å². The minimum Gasteiger partial charge on any atom is -0.327 e. The van der Waals surface area contributed by atoms with Crippen molar-refractivity contribution in [3.8, 4) is 0 Å². The Hall–Kier alpha value is -1.74. The van der Waals surface area contributed by atoms with Crippen LogP contribution in [0.4, 0.5) is 8.78 Å². The van der Waals surface area contributed by atoms with Crippen LogP contribution in [0.3, 0.4) is 0 Å². The minimum absolute atomic E-state index is 0.104. The van der Waals surface area contributed by atoms with Gasteiger partial charge in [-0.05, 0) is 48.4 Å². The first-order valence-electron chi connectivity index (χ1n) is 6.91. The van der Waals surface area contributed by atoms with E-state index in [1.54, 1.807) is 0 Å². The highest BCUT2D eigenvalue weighted by Crippen LogP contribution is 2.38. The van der Waals surface area contributed by atoms with Crippen molar-refractivity contribution in [2.75, 3.05) is 0 Å². The molecule has 2 unspecified atom stereocenters. The van der Waals surface area contributed by atoms with Crippen molar-refractivity contribution in [3.63, 3.8) is 0 Å². The number of rotatable bonds is 4. The van der Waals surface area contributed by atoms with Crippen molar-refractivity contribution in [2.45, 2.75) is 31.2 Å². The summed E-state index contributed by atoms with van der Waals surface area (Å²) in [4.78, 5) is 0. The van der Waals surface area contributed by atoms with Crippen molar-refractivity contribution in [1.82, 2.24) is 0 Å². The maximum atomic E-state index is 13.6. The molecule has 2 aromatic carbocycles. The molecule has 0 fully saturated rings. The second-order valence-electron chi connectivity index (χ2n) is 5.50. The summed E-state index contributed by atoms with van der Waals surface area (Å²) in [7, 11) is 0. The number of halogens is 2. The normalized spacial score (nSPS) is 18.2. The lowest BCUT2D eigenvalue weighted by molar-refractivity contribution is 0.467. The Morgan fingerprint density at radius 1 is 1.05 bits per heavy atom. The lowest BCUT2D eigenvalue weighted by atomic mass is 9.74. The smallest absolute Gasteiger partial charge is 0.129 e. The average Bonchev–Trinajstić information content (AvgIpc) is 2.40. The maximum absolute atomic E-state index is 13.6. The summed E-state index contributed by atoms with van der Waals surface area (Å²) >= 11 is 0. The third-order valence-corrected chi connectivity index (χ3v) is 4.08. The van der Waals surface area contributed by atoms with Gasteiger partial charge in [0.15, 0.2) is 0 Å². The minimum atomic E-state index is -0.505. The Bertz CT molecular complexity index is 604. The molecule has 0 radical (unpaired) electrons. The van der Waals surface area contributed by atoms with Crippen LogP contribution in [-0.4, -0.2) is 6.04 Å². The highest BCUT2D eigenvalue weighted by atomic mass is 19.1. The molecule has 0 bridgehead atoms. The molecule has 1 aliphatic carbocycles. The summed E-state index contributed by atoms with van der Waals surface area (Å²) in [6.45, 7) is 0. The van der Waals surface area contributed by atoms with Crippen LogP contribution in [0, 0.1) is 11.6 Å². The van der Waals surface area contributed by atoms with E-state index in [-0.39, 0.29) is 18.0 Å². The molecule has 2 atom stereocenters. The predicted molar refractivity (Wildman–Crippen MR) is 75.5 cm³/mol. The van der Waals surface area contributed by atoms with Crippen LogP contribution >= 0.6 is 0 Å². The standard InChI is InChI=1S/C17H17F2N/c18-16-6-3-7-17(19)15(16)10-13(20)9-12-8-11-4-1-2-5-14(11)12/h1-7,12-13H,8-10,20H2. The van der Waals surface area contributed by atoms with Crippen LogP contribution < -0.4 is 5.73 Å². The van der Waals surface area contributed by atoms with Gasteiger partial charge >= 0.3 is 0 Å². The summed E-state index contributed by atoms with van der Waals surface area (Å²) in [5.41, 5.74) is 8.88. The summed E-state index contributed by atoms with van der Waals surface area (Å²) in [6.07, 6.45) is 2.03. The van der Waals surface area contributed by atoms with Crippen molar-refractivity contribution in [1.29, 1.82) is 0 Å². The zero-order valence-corrected chi connectivity index (χ0v) is 11.2. The summed E-state index contributed by atoms with van der Waals surface area (Å²) in [5, 5.41) is 0. The van der Waals surface area contributed by atoms with Crippen LogP contribution in [-0.2, 0) is 12.8 Å². The first-order valence-corrected chi connectivity index (χ1v) is 6.91. The molecule has 0 saturated heterocycles. The number of fused-ring (bicyclic) bond motifs is 1. The van der Waals surface area contributed by atoms with Crippen molar-refractivity contribution in [3.05, 3.63) is 70.8 Å². The van der Waals surface area contributed by atoms with Crippen LogP contribution in [0.15, 0.2) is 42.5 Å². The first-order chi connectivity index (χ1) is 9.65. The zero-order chi connectivity index (χ0) is 14.1. The molecular weight excluding hydrogens is 256 g/mol. The van der Waals surface area contributed by atoms with Crippen LogP contribution in [0.1, 0.15) is 29.0 Å². The van der Waals surface area contributed by atoms with E-state index < -0.39 is 11.6 Å². The molecule has 0 aromatic heterocycles. The van der Waals surface area contributed by atoms with Crippen LogP contribution in [0.25, 0.3) is 0 Å². The second-order valence-corrected chi connectivity index (χ2v) is 5.50. The molecule has 1 nitrogen and oxygen atoms in total. The van der Waals surface area contributed by atoms with Gasteiger partial charge in [-0.15, -0.1) is 0 Å². The summed E-state index contributed by atoms with van der Waals surface area (Å²) in [5.74, 6) is -0.583. The van der Waals surface area contributed by atoms with E-state index in [9.17, 15) is 8.78 Å². The Morgan fingerprint density at radius 3 is 2.45 bits per heavy atom. The van der Waals surface area contributed by atoms with E-state index in [2.05, 4.69) is 12.1 Å². The molecule has 2 N–H and O–H groups in total. The van der Waals surface area contributed by atoms with Gasteiger partial charge in [0.05, 0.1) is 0 Å². The number of hydrogen-bond donors (Lipinski definition) is 1. The summed E-state index contributed by atoms with van der Waals surface area (Å²) < 4.78 is 27.2. The van der Waals surface area contributed by atoms with Gasteiger partial charge in [-0.3, -0.25) is 0 Å². The largest absolute Gasteiger partial charge is 0.327 e. The van der Waals surface area contributed by atoms with Crippen molar-refractivity contribution >= 4 is 0 Å². The fraction of sp³-hybridized carbons (Fsp3) is 0.294. The Balaban J connectivity index is 1.66. The topological polar surface area (TPSA) is 26.0 Å². The van der Waals surface area contributed by atoms with E-state index in [4.69, 9.17) is 5.73 Å². The molecule has 0 amide bonds. The van der Waals surface area contributed by atoms with Crippen LogP contribution in [0.5, 0.6) is 0 Å². The molecule has 104 valence electrons. The van der Waals surface area contributed by atoms with Gasteiger partial charge in [-0.25, -0.2) is 8.78 Å². The molecule has 3 rings (SSSR count). The Morgan fingerprint density at radius 2 is 1.75 bits per heavy atom. The van der Waals surface area contributed by atoms with Gasteiger partial charge in [0.2, 0.25) is 0 Å². The molecule has 0 aliphatic heterocycles. The van der Waals surface area contributed by atoms with E-state index >= 15 is 0 Å². The lowest BCUT2D eigenvalue weighted by Gasteiger charge is -2.32. The lowest BCUT2D eigenvalue weighted by Crippen LogP contribution is -2.30. The van der Waals surface area contributed by atoms with Crippen molar-refractivity contribution < 1.29 is 8.78 Å². The Kier molecular flexibility index (Phi) is 3.53. The van der Waals surface area contributed by atoms with Gasteiger partial charge in [-0.2, -0.15) is 0 Å². The highest BCUT2D eigenvalue weighted by molar-refractivity contribution is 5.40. The van der Waals surface area contributed by atoms with Crippen molar-refractivity contribution in [2.24, 2.45) is 5.73 Å². The highest BCUT2D eigenvalue weighted by Gasteiger charge is 2.27. The van der Waals surface area contributed by atoms with E-state index in [1.165, 1.54) is 29.3 Å². The zero-order valence-electron chi connectivity index (χ0n) is 11.2. The average molecular weight is 273 g/mol. The van der Waals surface area contributed by atoms with E-state index in [1.807, 2.05) is 12.1 Å². The molecular formula is C17H17F2N. The third-order valence-electron chi connectivity index (χ3n) is 4.08. The molecule has 1 aliphatic rings. The Labute approximate surface area is 117 Å². The van der Waals surface area contributed by atoms with Crippen LogP contribution in [0.2, 0.25) is 0 Å². The monoisotopic (exact) mass is 273 g/mol.